The Bertz CT molecular complexity index is 410. The molecule has 0 heterocycles. The molecule has 1 aliphatic rings. The molecule has 1 aromatic carbocycles. The fraction of sp³-hybridized carbons (Fsp3) is 0.462. The molecular formula is C13H15BrINO. The first kappa shape index (κ1) is 13.3. The number of carbonyl (C=O) groups excluding carboxylic acids is 1. The van der Waals surface area contributed by atoms with Crippen LogP contribution in [-0.2, 0) is 0 Å². The van der Waals surface area contributed by atoms with Gasteiger partial charge in [-0.25, -0.2) is 0 Å². The molecule has 0 spiro atoms. The molecule has 0 radical (unpaired) electrons. The first-order chi connectivity index (χ1) is 8.15. The predicted molar refractivity (Wildman–Crippen MR) is 81.5 cm³/mol. The van der Waals surface area contributed by atoms with Crippen molar-refractivity contribution < 1.29 is 4.79 Å². The summed E-state index contributed by atoms with van der Waals surface area (Å²) in [6.07, 6.45) is 3.61. The number of halogens is 2. The molecule has 17 heavy (non-hydrogen) atoms. The largest absolute Gasteiger partial charge is 0.352 e. The van der Waals surface area contributed by atoms with Crippen LogP contribution in [0.25, 0.3) is 0 Å². The van der Waals surface area contributed by atoms with E-state index in [9.17, 15) is 4.79 Å². The summed E-state index contributed by atoms with van der Waals surface area (Å²) in [5, 5.41) is 3.03. The van der Waals surface area contributed by atoms with Crippen molar-refractivity contribution in [3.05, 3.63) is 33.4 Å². The number of nitrogens with one attached hydrogen (secondary N) is 1. The van der Waals surface area contributed by atoms with Gasteiger partial charge in [0.25, 0.3) is 5.91 Å². The monoisotopic (exact) mass is 407 g/mol. The maximum absolute atomic E-state index is 11.9. The number of benzene rings is 1. The standard InChI is InChI=1S/C13H15BrINO/c14-11-5-4-9(6-11)8-16-13(17)10-2-1-3-12(15)7-10/h1-3,7,9,11H,4-6,8H2,(H,16,17). The van der Waals surface area contributed by atoms with Crippen LogP contribution in [0.4, 0.5) is 0 Å². The van der Waals surface area contributed by atoms with E-state index in [1.807, 2.05) is 24.3 Å². The average molecular weight is 408 g/mol. The average Bonchev–Trinajstić information content (AvgIpc) is 2.72. The molecule has 4 heteroatoms. The van der Waals surface area contributed by atoms with Crippen LogP contribution >= 0.6 is 38.5 Å². The summed E-state index contributed by atoms with van der Waals surface area (Å²) in [5.74, 6) is 0.674. The molecule has 2 atom stereocenters. The number of amides is 1. The minimum atomic E-state index is 0.0431. The topological polar surface area (TPSA) is 29.1 Å². The second kappa shape index (κ2) is 6.18. The van der Waals surface area contributed by atoms with Crippen molar-refractivity contribution in [3.63, 3.8) is 0 Å². The Morgan fingerprint density at radius 2 is 2.29 bits per heavy atom. The van der Waals surface area contributed by atoms with Crippen LogP contribution in [0.1, 0.15) is 29.6 Å². The zero-order chi connectivity index (χ0) is 12.3. The lowest BCUT2D eigenvalue weighted by Gasteiger charge is -2.11. The Morgan fingerprint density at radius 1 is 1.47 bits per heavy atom. The lowest BCUT2D eigenvalue weighted by molar-refractivity contribution is 0.0947. The first-order valence-corrected chi connectivity index (χ1v) is 7.82. The van der Waals surface area contributed by atoms with Crippen molar-refractivity contribution in [2.24, 2.45) is 5.92 Å². The normalized spacial score (nSPS) is 23.6. The van der Waals surface area contributed by atoms with E-state index in [2.05, 4.69) is 43.8 Å². The molecule has 0 saturated heterocycles. The van der Waals surface area contributed by atoms with E-state index in [0.29, 0.717) is 10.7 Å². The van der Waals surface area contributed by atoms with Gasteiger partial charge in [0.15, 0.2) is 0 Å². The highest BCUT2D eigenvalue weighted by Crippen LogP contribution is 2.30. The van der Waals surface area contributed by atoms with E-state index in [0.717, 1.165) is 15.7 Å². The summed E-state index contributed by atoms with van der Waals surface area (Å²) in [4.78, 5) is 12.5. The third-order valence-corrected chi connectivity index (χ3v) is 4.62. The van der Waals surface area contributed by atoms with Gasteiger partial charge in [0.2, 0.25) is 0 Å². The van der Waals surface area contributed by atoms with E-state index in [4.69, 9.17) is 0 Å². The fourth-order valence-electron chi connectivity index (χ4n) is 2.17. The Balaban J connectivity index is 1.85. The molecule has 1 aromatic rings. The predicted octanol–water partition coefficient (Wildman–Crippen LogP) is 3.58. The molecule has 2 unspecified atom stereocenters. The summed E-state index contributed by atoms with van der Waals surface area (Å²) in [5.41, 5.74) is 0.755. The van der Waals surface area contributed by atoms with Gasteiger partial charge in [-0.3, -0.25) is 4.79 Å². The van der Waals surface area contributed by atoms with Crippen LogP contribution in [0.5, 0.6) is 0 Å². The van der Waals surface area contributed by atoms with Gasteiger partial charge in [-0.15, -0.1) is 0 Å². The highest BCUT2D eigenvalue weighted by Gasteiger charge is 2.22. The van der Waals surface area contributed by atoms with Crippen molar-refractivity contribution in [3.8, 4) is 0 Å². The smallest absolute Gasteiger partial charge is 0.251 e. The van der Waals surface area contributed by atoms with Crippen LogP contribution in [-0.4, -0.2) is 17.3 Å². The van der Waals surface area contributed by atoms with Gasteiger partial charge < -0.3 is 5.32 Å². The molecule has 2 nitrogen and oxygen atoms in total. The third-order valence-electron chi connectivity index (χ3n) is 3.12. The van der Waals surface area contributed by atoms with Crippen molar-refractivity contribution in [2.45, 2.75) is 24.1 Å². The Kier molecular flexibility index (Phi) is 4.85. The maximum Gasteiger partial charge on any atom is 0.251 e. The third kappa shape index (κ3) is 3.95. The summed E-state index contributed by atoms with van der Waals surface area (Å²) in [6.45, 7) is 0.798. The number of hydrogen-bond acceptors (Lipinski definition) is 1. The zero-order valence-electron chi connectivity index (χ0n) is 9.46. The van der Waals surface area contributed by atoms with E-state index in [-0.39, 0.29) is 5.91 Å². The van der Waals surface area contributed by atoms with Crippen molar-refractivity contribution in [1.82, 2.24) is 5.32 Å². The van der Waals surface area contributed by atoms with Gasteiger partial charge in [0, 0.05) is 20.5 Å². The van der Waals surface area contributed by atoms with E-state index < -0.39 is 0 Å². The van der Waals surface area contributed by atoms with Crippen molar-refractivity contribution in [2.75, 3.05) is 6.54 Å². The van der Waals surface area contributed by atoms with Gasteiger partial charge in [0.1, 0.15) is 0 Å². The molecule has 2 rings (SSSR count). The molecule has 0 aromatic heterocycles. The lowest BCUT2D eigenvalue weighted by Crippen LogP contribution is -2.28. The highest BCUT2D eigenvalue weighted by atomic mass is 127. The number of carbonyl (C=O) groups is 1. The molecule has 1 aliphatic carbocycles. The second-order valence-corrected chi connectivity index (χ2v) is 7.04. The summed E-state index contributed by atoms with van der Waals surface area (Å²) in [6, 6.07) is 7.68. The summed E-state index contributed by atoms with van der Waals surface area (Å²) >= 11 is 5.85. The Hall–Kier alpha value is -0.100. The van der Waals surface area contributed by atoms with Gasteiger partial charge in [0.05, 0.1) is 0 Å². The SMILES string of the molecule is O=C(NCC1CCC(Br)C1)c1cccc(I)c1. The fourth-order valence-corrected chi connectivity index (χ4v) is 3.50. The zero-order valence-corrected chi connectivity index (χ0v) is 13.2. The highest BCUT2D eigenvalue weighted by molar-refractivity contribution is 14.1. The Morgan fingerprint density at radius 3 is 2.94 bits per heavy atom. The number of alkyl halides is 1. The van der Waals surface area contributed by atoms with Gasteiger partial charge in [-0.05, 0) is 66.0 Å². The van der Waals surface area contributed by atoms with Crippen LogP contribution < -0.4 is 5.32 Å². The van der Waals surface area contributed by atoms with E-state index >= 15 is 0 Å². The molecule has 1 amide bonds. The summed E-state index contributed by atoms with van der Waals surface area (Å²) < 4.78 is 1.09. The van der Waals surface area contributed by atoms with E-state index in [1.165, 1.54) is 19.3 Å². The van der Waals surface area contributed by atoms with Crippen molar-refractivity contribution in [1.29, 1.82) is 0 Å². The molecule has 1 fully saturated rings. The van der Waals surface area contributed by atoms with E-state index in [1.54, 1.807) is 0 Å². The first-order valence-electron chi connectivity index (χ1n) is 5.83. The minimum Gasteiger partial charge on any atom is -0.352 e. The van der Waals surface area contributed by atoms with Gasteiger partial charge in [-0.1, -0.05) is 22.0 Å². The van der Waals surface area contributed by atoms with Gasteiger partial charge >= 0.3 is 0 Å². The molecule has 0 aliphatic heterocycles. The van der Waals surface area contributed by atoms with Crippen molar-refractivity contribution >= 4 is 44.4 Å². The molecule has 1 N–H and O–H groups in total. The summed E-state index contributed by atoms with van der Waals surface area (Å²) in [7, 11) is 0. The lowest BCUT2D eigenvalue weighted by atomic mass is 10.1. The Labute approximate surface area is 124 Å². The quantitative estimate of drug-likeness (QED) is 0.602. The second-order valence-electron chi connectivity index (χ2n) is 4.50. The molecular weight excluding hydrogens is 393 g/mol. The number of hydrogen-bond donors (Lipinski definition) is 1. The molecule has 1 saturated carbocycles. The van der Waals surface area contributed by atoms with Crippen LogP contribution in [0.3, 0.4) is 0 Å². The number of rotatable bonds is 3. The van der Waals surface area contributed by atoms with Crippen LogP contribution in [0.2, 0.25) is 0 Å². The maximum atomic E-state index is 11.9. The van der Waals surface area contributed by atoms with Crippen LogP contribution in [0, 0.1) is 9.49 Å². The van der Waals surface area contributed by atoms with Crippen LogP contribution in [0.15, 0.2) is 24.3 Å². The molecule has 92 valence electrons. The van der Waals surface area contributed by atoms with Gasteiger partial charge in [-0.2, -0.15) is 0 Å². The minimum absolute atomic E-state index is 0.0431. The molecule has 0 bridgehead atoms.